The number of likely N-dealkylation sites (tertiary alicyclic amines) is 1. The van der Waals surface area contributed by atoms with Crippen LogP contribution < -0.4 is 18.9 Å². The lowest BCUT2D eigenvalue weighted by molar-refractivity contribution is -0.140. The fourth-order valence-electron chi connectivity index (χ4n) is 4.44. The van der Waals surface area contributed by atoms with Crippen molar-refractivity contribution in [1.82, 2.24) is 4.90 Å². The summed E-state index contributed by atoms with van der Waals surface area (Å²) < 4.78 is 27.7. The number of hydrogen-bond acceptors (Lipinski definition) is 8. The van der Waals surface area contributed by atoms with Crippen molar-refractivity contribution < 1.29 is 38.1 Å². The van der Waals surface area contributed by atoms with Crippen LogP contribution in [-0.4, -0.2) is 49.6 Å². The van der Waals surface area contributed by atoms with E-state index in [9.17, 15) is 14.7 Å². The van der Waals surface area contributed by atoms with Crippen molar-refractivity contribution in [1.29, 1.82) is 0 Å². The molecule has 1 N–H and O–H groups in total. The molecule has 1 fully saturated rings. The first-order valence-electron chi connectivity index (χ1n) is 12.3. The van der Waals surface area contributed by atoms with Crippen LogP contribution in [0, 0.1) is 0 Å². The monoisotopic (exact) mass is 521 g/mol. The van der Waals surface area contributed by atoms with Crippen molar-refractivity contribution >= 4 is 17.4 Å². The zero-order valence-corrected chi connectivity index (χ0v) is 21.9. The van der Waals surface area contributed by atoms with Gasteiger partial charge in [-0.3, -0.25) is 9.59 Å². The molecule has 9 nitrogen and oxygen atoms in total. The molecule has 1 aromatic heterocycles. The van der Waals surface area contributed by atoms with Crippen molar-refractivity contribution in [3.63, 3.8) is 0 Å². The Hall–Kier alpha value is -4.40. The third-order valence-corrected chi connectivity index (χ3v) is 6.32. The second kappa shape index (κ2) is 11.8. The number of hydrogen-bond donors (Lipinski definition) is 1. The van der Waals surface area contributed by atoms with Crippen LogP contribution in [0.25, 0.3) is 5.76 Å². The molecule has 0 radical (unpaired) electrons. The summed E-state index contributed by atoms with van der Waals surface area (Å²) in [7, 11) is 4.44. The van der Waals surface area contributed by atoms with Crippen molar-refractivity contribution in [2.24, 2.45) is 0 Å². The third kappa shape index (κ3) is 5.18. The number of rotatable bonds is 11. The second-order valence-electron chi connectivity index (χ2n) is 8.69. The van der Waals surface area contributed by atoms with E-state index in [4.69, 9.17) is 23.4 Å². The smallest absolute Gasteiger partial charge is 0.296 e. The standard InChI is InChI=1S/C29H31NO8/c1-5-6-12-37-20-10-7-9-18(14-20)26(31)24-25(19-15-22(34-2)28(36-4)23(16-19)35-3)30(29(33)27(24)32)17-21-11-8-13-38-21/h7-11,13-16,25,31H,5-6,12,17H2,1-4H3/b26-24+. The third-order valence-electron chi connectivity index (χ3n) is 6.32. The molecule has 0 spiro atoms. The summed E-state index contributed by atoms with van der Waals surface area (Å²) in [5.74, 6) is 0.187. The Morgan fingerprint density at radius 3 is 2.34 bits per heavy atom. The number of benzene rings is 2. The van der Waals surface area contributed by atoms with Gasteiger partial charge in [-0.2, -0.15) is 0 Å². The van der Waals surface area contributed by atoms with E-state index < -0.39 is 17.7 Å². The first kappa shape index (κ1) is 26.7. The maximum absolute atomic E-state index is 13.4. The molecule has 2 heterocycles. The summed E-state index contributed by atoms with van der Waals surface area (Å²) in [5, 5.41) is 11.4. The van der Waals surface area contributed by atoms with E-state index in [0.29, 0.717) is 46.5 Å². The van der Waals surface area contributed by atoms with Gasteiger partial charge in [0, 0.05) is 5.56 Å². The molecule has 4 rings (SSSR count). The highest BCUT2D eigenvalue weighted by atomic mass is 16.5. The first-order chi connectivity index (χ1) is 18.4. The SMILES string of the molecule is CCCCOc1cccc(/C(O)=C2\C(=O)C(=O)N(Cc3ccco3)C2c2cc(OC)c(OC)c(OC)c2)c1. The maximum atomic E-state index is 13.4. The van der Waals surface area contributed by atoms with Crippen molar-refractivity contribution in [2.75, 3.05) is 27.9 Å². The van der Waals surface area contributed by atoms with Crippen molar-refractivity contribution in [2.45, 2.75) is 32.4 Å². The van der Waals surface area contributed by atoms with Gasteiger partial charge in [0.05, 0.1) is 52.4 Å². The molecule has 200 valence electrons. The summed E-state index contributed by atoms with van der Waals surface area (Å²) in [6.07, 6.45) is 3.35. The van der Waals surface area contributed by atoms with Gasteiger partial charge in [0.15, 0.2) is 11.5 Å². The van der Waals surface area contributed by atoms with Gasteiger partial charge in [0.1, 0.15) is 17.3 Å². The Morgan fingerprint density at radius 2 is 1.74 bits per heavy atom. The average molecular weight is 522 g/mol. The van der Waals surface area contributed by atoms with Gasteiger partial charge in [-0.1, -0.05) is 25.5 Å². The number of aliphatic hydroxyl groups excluding tert-OH is 1. The minimum Gasteiger partial charge on any atom is -0.507 e. The van der Waals surface area contributed by atoms with E-state index >= 15 is 0 Å². The van der Waals surface area contributed by atoms with E-state index in [-0.39, 0.29) is 17.9 Å². The van der Waals surface area contributed by atoms with E-state index in [1.54, 1.807) is 48.5 Å². The van der Waals surface area contributed by atoms with E-state index in [2.05, 4.69) is 6.92 Å². The zero-order chi connectivity index (χ0) is 27.2. The molecule has 0 saturated carbocycles. The minimum absolute atomic E-state index is 0.00977. The zero-order valence-electron chi connectivity index (χ0n) is 21.9. The number of methoxy groups -OCH3 is 3. The molecule has 1 amide bonds. The number of furan rings is 1. The molecule has 0 aliphatic carbocycles. The number of unbranched alkanes of at least 4 members (excludes halogenated alkanes) is 1. The molecule has 9 heteroatoms. The molecule has 1 saturated heterocycles. The van der Waals surface area contributed by atoms with Crippen LogP contribution in [0.2, 0.25) is 0 Å². The maximum Gasteiger partial charge on any atom is 0.296 e. The molecule has 1 aliphatic rings. The van der Waals surface area contributed by atoms with Crippen LogP contribution in [-0.2, 0) is 16.1 Å². The van der Waals surface area contributed by atoms with Gasteiger partial charge in [-0.05, 0) is 48.4 Å². The van der Waals surface area contributed by atoms with E-state index in [0.717, 1.165) is 12.8 Å². The quantitative estimate of drug-likeness (QED) is 0.161. The molecule has 0 bridgehead atoms. The summed E-state index contributed by atoms with van der Waals surface area (Å²) in [4.78, 5) is 28.1. The molecule has 1 atom stereocenters. The van der Waals surface area contributed by atoms with Crippen LogP contribution in [0.4, 0.5) is 0 Å². The Morgan fingerprint density at radius 1 is 1.00 bits per heavy atom. The van der Waals surface area contributed by atoms with Gasteiger partial charge < -0.3 is 33.4 Å². The second-order valence-corrected chi connectivity index (χ2v) is 8.69. The number of ether oxygens (including phenoxy) is 4. The Balaban J connectivity index is 1.87. The number of carbonyl (C=O) groups is 2. The Bertz CT molecular complexity index is 1300. The van der Waals surface area contributed by atoms with Crippen LogP contribution in [0.1, 0.15) is 42.7 Å². The van der Waals surface area contributed by atoms with Gasteiger partial charge in [0.2, 0.25) is 5.75 Å². The normalized spacial score (nSPS) is 16.5. The van der Waals surface area contributed by atoms with Gasteiger partial charge in [0.25, 0.3) is 11.7 Å². The van der Waals surface area contributed by atoms with Gasteiger partial charge in [-0.25, -0.2) is 0 Å². The largest absolute Gasteiger partial charge is 0.507 e. The Kier molecular flexibility index (Phi) is 8.25. The molecule has 3 aromatic rings. The van der Waals surface area contributed by atoms with Crippen LogP contribution in [0.5, 0.6) is 23.0 Å². The van der Waals surface area contributed by atoms with Crippen molar-refractivity contribution in [3.05, 3.63) is 77.3 Å². The summed E-state index contributed by atoms with van der Waals surface area (Å²) >= 11 is 0. The minimum atomic E-state index is -0.960. The molecule has 1 unspecified atom stereocenters. The first-order valence-corrected chi connectivity index (χ1v) is 12.3. The lowest BCUT2D eigenvalue weighted by Gasteiger charge is -2.26. The highest BCUT2D eigenvalue weighted by Gasteiger charge is 2.47. The van der Waals surface area contributed by atoms with Crippen LogP contribution in [0.15, 0.2) is 64.8 Å². The molecule has 1 aliphatic heterocycles. The fourth-order valence-corrected chi connectivity index (χ4v) is 4.44. The summed E-state index contributed by atoms with van der Waals surface area (Å²) in [6, 6.07) is 12.6. The highest BCUT2D eigenvalue weighted by molar-refractivity contribution is 6.46. The predicted octanol–water partition coefficient (Wildman–Crippen LogP) is 5.11. The molecular weight excluding hydrogens is 490 g/mol. The number of ketones is 1. The molecule has 2 aromatic carbocycles. The summed E-state index contributed by atoms with van der Waals surface area (Å²) in [6.45, 7) is 2.60. The molecular formula is C29H31NO8. The van der Waals surface area contributed by atoms with Crippen LogP contribution >= 0.6 is 0 Å². The number of nitrogens with zero attached hydrogens (tertiary/aromatic N) is 1. The molecule has 38 heavy (non-hydrogen) atoms. The van der Waals surface area contributed by atoms with Gasteiger partial charge in [-0.15, -0.1) is 0 Å². The highest BCUT2D eigenvalue weighted by Crippen LogP contribution is 2.46. The predicted molar refractivity (Wildman–Crippen MR) is 139 cm³/mol. The lowest BCUT2D eigenvalue weighted by atomic mass is 9.94. The topological polar surface area (TPSA) is 108 Å². The van der Waals surface area contributed by atoms with Gasteiger partial charge >= 0.3 is 0 Å². The number of Topliss-reactive ketones (excluding diaryl/α,β-unsaturated/α-hetero) is 1. The lowest BCUT2D eigenvalue weighted by Crippen LogP contribution is -2.29. The summed E-state index contributed by atoms with van der Waals surface area (Å²) in [5.41, 5.74) is 0.774. The average Bonchev–Trinajstić information content (AvgIpc) is 3.54. The van der Waals surface area contributed by atoms with E-state index in [1.165, 1.54) is 32.5 Å². The van der Waals surface area contributed by atoms with Crippen molar-refractivity contribution in [3.8, 4) is 23.0 Å². The fraction of sp³-hybridized carbons (Fsp3) is 0.310. The number of carbonyl (C=O) groups excluding carboxylic acids is 2. The number of aliphatic hydroxyl groups is 1. The Labute approximate surface area is 221 Å². The number of amides is 1. The van der Waals surface area contributed by atoms with Crippen LogP contribution in [0.3, 0.4) is 0 Å². The van der Waals surface area contributed by atoms with E-state index in [1.807, 2.05) is 0 Å².